The number of urea groups is 1. The molecule has 1 fully saturated rings. The van der Waals surface area contributed by atoms with E-state index in [1.807, 2.05) is 50.2 Å². The van der Waals surface area contributed by atoms with Crippen molar-refractivity contribution in [1.29, 1.82) is 0 Å². The number of amidine groups is 1. The lowest BCUT2D eigenvalue weighted by atomic mass is 9.93. The molecule has 0 unspecified atom stereocenters. The van der Waals surface area contributed by atoms with Gasteiger partial charge in [-0.2, -0.15) is 4.99 Å². The number of halogens is 3. The van der Waals surface area contributed by atoms with Crippen molar-refractivity contribution in [3.63, 3.8) is 0 Å². The molecule has 8 nitrogen and oxygen atoms in total. The number of ether oxygens (including phenoxy) is 1. The molecule has 2 heterocycles. The molecule has 1 aliphatic rings. The number of amides is 2. The topological polar surface area (TPSA) is 84.6 Å². The zero-order valence-corrected chi connectivity index (χ0v) is 25.6. The molecule has 0 aliphatic carbocycles. The van der Waals surface area contributed by atoms with Gasteiger partial charge in [-0.3, -0.25) is 0 Å². The van der Waals surface area contributed by atoms with Crippen LogP contribution in [0.5, 0.6) is 5.75 Å². The van der Waals surface area contributed by atoms with Gasteiger partial charge >= 0.3 is 12.4 Å². The van der Waals surface area contributed by atoms with Crippen molar-refractivity contribution >= 4 is 28.6 Å². The highest BCUT2D eigenvalue weighted by atomic mass is 32.2. The molecule has 0 saturated carbocycles. The number of benzene rings is 3. The van der Waals surface area contributed by atoms with Gasteiger partial charge in [-0.25, -0.2) is 14.5 Å². The van der Waals surface area contributed by atoms with E-state index in [9.17, 15) is 18.0 Å². The summed E-state index contributed by atoms with van der Waals surface area (Å²) in [5.74, 6) is 1.37. The molecule has 1 saturated heterocycles. The van der Waals surface area contributed by atoms with Crippen LogP contribution >= 0.6 is 11.8 Å². The molecule has 0 spiro atoms. The van der Waals surface area contributed by atoms with Crippen molar-refractivity contribution < 1.29 is 22.7 Å². The molecule has 2 amide bonds. The lowest BCUT2D eigenvalue weighted by Gasteiger charge is -2.32. The van der Waals surface area contributed by atoms with Crippen molar-refractivity contribution in [3.05, 3.63) is 90.3 Å². The minimum absolute atomic E-state index is 0.315. The van der Waals surface area contributed by atoms with Crippen LogP contribution in [0.3, 0.4) is 0 Å². The number of nitrogens with zero attached hydrogens (tertiary/aromatic N) is 5. The largest absolute Gasteiger partial charge is 0.573 e. The molecule has 1 N–H and O–H groups in total. The van der Waals surface area contributed by atoms with E-state index in [4.69, 9.17) is 0 Å². The van der Waals surface area contributed by atoms with E-state index >= 15 is 0 Å². The van der Waals surface area contributed by atoms with E-state index < -0.39 is 17.9 Å². The molecule has 1 aliphatic heterocycles. The van der Waals surface area contributed by atoms with Gasteiger partial charge < -0.3 is 15.0 Å². The first-order valence-corrected chi connectivity index (χ1v) is 15.2. The molecular formula is C32H33F3N6O2S. The Labute approximate surface area is 258 Å². The van der Waals surface area contributed by atoms with E-state index in [0.717, 1.165) is 35.5 Å². The second kappa shape index (κ2) is 12.7. The van der Waals surface area contributed by atoms with E-state index in [1.165, 1.54) is 40.8 Å². The van der Waals surface area contributed by atoms with Crippen LogP contribution in [-0.2, 0) is 5.54 Å². The predicted octanol–water partition coefficient (Wildman–Crippen LogP) is 7.90. The molecule has 44 heavy (non-hydrogen) atoms. The predicted molar refractivity (Wildman–Crippen MR) is 167 cm³/mol. The second-order valence-corrected chi connectivity index (χ2v) is 12.2. The first-order valence-electron chi connectivity index (χ1n) is 14.2. The van der Waals surface area contributed by atoms with Crippen molar-refractivity contribution in [3.8, 4) is 22.8 Å². The van der Waals surface area contributed by atoms with Crippen LogP contribution in [-0.4, -0.2) is 44.6 Å². The molecule has 230 valence electrons. The average molecular weight is 623 g/mol. The van der Waals surface area contributed by atoms with Gasteiger partial charge in [-0.1, -0.05) is 68.1 Å². The highest BCUT2D eigenvalue weighted by molar-refractivity contribution is 8.14. The van der Waals surface area contributed by atoms with Gasteiger partial charge in [0.15, 0.2) is 11.0 Å². The summed E-state index contributed by atoms with van der Waals surface area (Å²) in [6.45, 7) is 8.95. The highest BCUT2D eigenvalue weighted by Gasteiger charge is 2.31. The Morgan fingerprint density at radius 3 is 2.41 bits per heavy atom. The summed E-state index contributed by atoms with van der Waals surface area (Å²) in [7, 11) is 0. The third-order valence-electron chi connectivity index (χ3n) is 7.15. The number of carbonyl (C=O) groups is 1. The van der Waals surface area contributed by atoms with Crippen molar-refractivity contribution in [1.82, 2.24) is 20.1 Å². The van der Waals surface area contributed by atoms with E-state index in [-0.39, 0.29) is 5.75 Å². The molecule has 1 aromatic heterocycles. The van der Waals surface area contributed by atoms with Crippen LogP contribution < -0.4 is 15.0 Å². The summed E-state index contributed by atoms with van der Waals surface area (Å²) in [6, 6.07) is 20.7. The van der Waals surface area contributed by atoms with E-state index in [2.05, 4.69) is 56.0 Å². The summed E-state index contributed by atoms with van der Waals surface area (Å²) in [5, 5.41) is 8.20. The van der Waals surface area contributed by atoms with Crippen LogP contribution in [0.1, 0.15) is 51.2 Å². The number of nitrogens with one attached hydrogen (secondary N) is 1. The van der Waals surface area contributed by atoms with E-state index in [1.54, 1.807) is 11.8 Å². The van der Waals surface area contributed by atoms with Crippen LogP contribution in [0.2, 0.25) is 0 Å². The fourth-order valence-corrected chi connectivity index (χ4v) is 5.86. The van der Waals surface area contributed by atoms with Gasteiger partial charge in [0, 0.05) is 23.5 Å². The fraction of sp³-hybridized carbons (Fsp3) is 0.312. The van der Waals surface area contributed by atoms with Gasteiger partial charge in [0.05, 0.1) is 11.2 Å². The molecule has 5 rings (SSSR count). The van der Waals surface area contributed by atoms with Gasteiger partial charge in [0.25, 0.3) is 0 Å². The second-order valence-electron chi connectivity index (χ2n) is 11.1. The van der Waals surface area contributed by atoms with Gasteiger partial charge in [-0.15, -0.1) is 18.3 Å². The number of anilines is 1. The first-order chi connectivity index (χ1) is 20.9. The number of hydrogen-bond acceptors (Lipinski definition) is 5. The van der Waals surface area contributed by atoms with Crippen LogP contribution in [0.15, 0.2) is 84.1 Å². The van der Waals surface area contributed by atoms with Crippen molar-refractivity contribution in [2.24, 2.45) is 4.99 Å². The summed E-state index contributed by atoms with van der Waals surface area (Å²) in [6.07, 6.45) is -2.26. The molecular weight excluding hydrogens is 589 g/mol. The number of para-hydroxylation sites is 1. The maximum Gasteiger partial charge on any atom is 0.573 e. The third kappa shape index (κ3) is 7.42. The van der Waals surface area contributed by atoms with Gasteiger partial charge in [-0.05, 0) is 67.6 Å². The Bertz CT molecular complexity index is 1630. The smallest absolute Gasteiger partial charge is 0.406 e. The van der Waals surface area contributed by atoms with Crippen molar-refractivity contribution in [2.75, 3.05) is 17.2 Å². The number of carbonyl (C=O) groups excluding carboxylic acids is 1. The van der Waals surface area contributed by atoms with E-state index in [0.29, 0.717) is 22.6 Å². The summed E-state index contributed by atoms with van der Waals surface area (Å²) in [4.78, 5) is 24.2. The summed E-state index contributed by atoms with van der Waals surface area (Å²) in [5.41, 5.74) is 3.73. The molecule has 12 heteroatoms. The average Bonchev–Trinajstić information content (AvgIpc) is 3.47. The summed E-state index contributed by atoms with van der Waals surface area (Å²) < 4.78 is 42.7. The Morgan fingerprint density at radius 1 is 1.02 bits per heavy atom. The number of rotatable bonds is 7. The molecule has 0 bridgehead atoms. The van der Waals surface area contributed by atoms with Crippen LogP contribution in [0.25, 0.3) is 17.1 Å². The number of aromatic nitrogens is 3. The monoisotopic (exact) mass is 622 g/mol. The number of aliphatic imine (C=N–C) groups is 1. The normalized spacial score (nSPS) is 15.1. The molecule has 4 aromatic rings. The number of alkyl halides is 3. The maximum absolute atomic E-state index is 13.2. The van der Waals surface area contributed by atoms with Crippen LogP contribution in [0.4, 0.5) is 23.7 Å². The maximum atomic E-state index is 13.2. The third-order valence-corrected chi connectivity index (χ3v) is 8.21. The summed E-state index contributed by atoms with van der Waals surface area (Å²) >= 11 is 1.59. The molecule has 3 aromatic carbocycles. The number of thioether (sulfide) groups is 1. The zero-order chi connectivity index (χ0) is 31.5. The standard InChI is InChI=1S/C32H33F3N6O2S/c1-21(2)26-8-5-6-9-27(26)40-18-7-19-44-30(40)37-29(42)38-31(3,4)23-12-10-22(11-13-23)28-36-20-41(39-28)24-14-16-25(17-15-24)43-32(33,34)35/h5-6,8-17,20-21H,7,18-19H2,1-4H3,(H,38,42). The lowest BCUT2D eigenvalue weighted by molar-refractivity contribution is -0.274. The Hall–Kier alpha value is -4.32. The van der Waals surface area contributed by atoms with Gasteiger partial charge in [0.2, 0.25) is 0 Å². The van der Waals surface area contributed by atoms with Crippen LogP contribution in [0, 0.1) is 0 Å². The van der Waals surface area contributed by atoms with Crippen molar-refractivity contribution in [2.45, 2.75) is 51.9 Å². The number of hydrogen-bond donors (Lipinski definition) is 1. The lowest BCUT2D eigenvalue weighted by Crippen LogP contribution is -2.41. The zero-order valence-electron chi connectivity index (χ0n) is 24.8. The minimum atomic E-state index is -4.75. The first kappa shape index (κ1) is 31.1. The molecule has 0 radical (unpaired) electrons. The minimum Gasteiger partial charge on any atom is -0.406 e. The Balaban J connectivity index is 1.27. The fourth-order valence-electron chi connectivity index (χ4n) is 4.91. The quantitative estimate of drug-likeness (QED) is 0.226. The highest BCUT2D eigenvalue weighted by Crippen LogP contribution is 2.32. The Kier molecular flexibility index (Phi) is 9.00. The Morgan fingerprint density at radius 2 is 1.73 bits per heavy atom. The SMILES string of the molecule is CC(C)c1ccccc1N1CCCSC1=NC(=O)NC(C)(C)c1ccc(-c2ncn(-c3ccc(OC(F)(F)F)cc3)n2)cc1. The molecule has 0 atom stereocenters. The van der Waals surface area contributed by atoms with Gasteiger partial charge in [0.1, 0.15) is 12.1 Å².